The fourth-order valence-corrected chi connectivity index (χ4v) is 2.92. The summed E-state index contributed by atoms with van der Waals surface area (Å²) in [5, 5.41) is 3.56. The first-order valence-corrected chi connectivity index (χ1v) is 7.24. The molecular weight excluding hydrogens is 287 g/mol. The Balaban J connectivity index is 2.11. The number of aromatic nitrogens is 2. The number of hydrogen-bond acceptors (Lipinski definition) is 6. The maximum Gasteiger partial charge on any atom is 0.241 e. The quantitative estimate of drug-likeness (QED) is 0.787. The molecule has 0 radical (unpaired) electrons. The van der Waals surface area contributed by atoms with Crippen LogP contribution in [0.1, 0.15) is 11.4 Å². The van der Waals surface area contributed by atoms with E-state index in [1.165, 1.54) is 12.1 Å². The lowest BCUT2D eigenvalue weighted by Crippen LogP contribution is -2.27. The fourth-order valence-electron chi connectivity index (χ4n) is 1.62. The van der Waals surface area contributed by atoms with Crippen LogP contribution in [0.25, 0.3) is 0 Å². The fraction of sp³-hybridized carbons (Fsp3) is 0.273. The van der Waals surface area contributed by atoms with Gasteiger partial charge in [0.05, 0.1) is 4.90 Å². The molecule has 0 aliphatic carbocycles. The first kappa shape index (κ1) is 14.6. The largest absolute Gasteiger partial charge is 0.343 e. The van der Waals surface area contributed by atoms with Crippen molar-refractivity contribution in [3.8, 4) is 0 Å². The minimum atomic E-state index is -3.83. The molecule has 2 rings (SSSR count). The second-order valence-electron chi connectivity index (χ2n) is 3.95. The van der Waals surface area contributed by atoms with Crippen molar-refractivity contribution in [1.82, 2.24) is 14.9 Å². The Hall–Kier alpha value is -1.84. The zero-order valence-electron chi connectivity index (χ0n) is 10.4. The minimum absolute atomic E-state index is 0.00135. The summed E-state index contributed by atoms with van der Waals surface area (Å²) in [4.78, 5) is 3.60. The smallest absolute Gasteiger partial charge is 0.241 e. The normalized spacial score (nSPS) is 11.7. The summed E-state index contributed by atoms with van der Waals surface area (Å²) in [5.74, 6) is -0.258. The summed E-state index contributed by atoms with van der Waals surface area (Å²) in [6, 6.07) is 3.46. The van der Waals surface area contributed by atoms with Gasteiger partial charge in [-0.1, -0.05) is 11.2 Å². The van der Waals surface area contributed by atoms with Gasteiger partial charge < -0.3 is 10.3 Å². The molecule has 0 saturated heterocycles. The van der Waals surface area contributed by atoms with Crippen LogP contribution >= 0.6 is 0 Å². The van der Waals surface area contributed by atoms with E-state index < -0.39 is 15.8 Å². The van der Waals surface area contributed by atoms with Crippen LogP contribution in [-0.4, -0.2) is 25.1 Å². The molecule has 3 N–H and O–H groups in total. The maximum absolute atomic E-state index is 13.2. The van der Waals surface area contributed by atoms with E-state index in [1.54, 1.807) is 0 Å². The van der Waals surface area contributed by atoms with Gasteiger partial charge >= 0.3 is 0 Å². The van der Waals surface area contributed by atoms with Crippen LogP contribution in [0.3, 0.4) is 0 Å². The molecule has 1 heterocycles. The Labute approximate surface area is 115 Å². The van der Waals surface area contributed by atoms with Crippen molar-refractivity contribution in [1.29, 1.82) is 0 Å². The van der Waals surface area contributed by atoms with E-state index in [2.05, 4.69) is 19.4 Å². The number of nitrogens with one attached hydrogen (secondary N) is 1. The molecule has 0 amide bonds. The molecule has 0 bridgehead atoms. The molecule has 0 spiro atoms. The molecule has 108 valence electrons. The molecule has 0 aliphatic rings. The SMILES string of the molecule is NCc1ccc(F)cc1S(=O)(=O)NCCc1ncon1. The van der Waals surface area contributed by atoms with Gasteiger partial charge in [-0.3, -0.25) is 0 Å². The van der Waals surface area contributed by atoms with Gasteiger partial charge in [-0.2, -0.15) is 4.98 Å². The van der Waals surface area contributed by atoms with Gasteiger partial charge in [-0.15, -0.1) is 0 Å². The number of benzene rings is 1. The second-order valence-corrected chi connectivity index (χ2v) is 5.69. The first-order chi connectivity index (χ1) is 9.53. The van der Waals surface area contributed by atoms with E-state index in [4.69, 9.17) is 5.73 Å². The summed E-state index contributed by atoms with van der Waals surface area (Å²) in [6.45, 7) is 0.0732. The van der Waals surface area contributed by atoms with Crippen molar-refractivity contribution in [3.63, 3.8) is 0 Å². The minimum Gasteiger partial charge on any atom is -0.343 e. The van der Waals surface area contributed by atoms with Crippen molar-refractivity contribution in [2.45, 2.75) is 17.9 Å². The van der Waals surface area contributed by atoms with E-state index in [9.17, 15) is 12.8 Å². The number of sulfonamides is 1. The van der Waals surface area contributed by atoms with Crippen LogP contribution in [0.15, 0.2) is 34.0 Å². The zero-order valence-corrected chi connectivity index (χ0v) is 11.2. The molecule has 20 heavy (non-hydrogen) atoms. The van der Waals surface area contributed by atoms with Crippen molar-refractivity contribution >= 4 is 10.0 Å². The molecule has 0 unspecified atom stereocenters. The third kappa shape index (κ3) is 3.38. The third-order valence-electron chi connectivity index (χ3n) is 2.59. The highest BCUT2D eigenvalue weighted by Crippen LogP contribution is 2.16. The van der Waals surface area contributed by atoms with Gasteiger partial charge in [0, 0.05) is 19.5 Å². The monoisotopic (exact) mass is 300 g/mol. The van der Waals surface area contributed by atoms with Gasteiger partial charge in [0.2, 0.25) is 16.4 Å². The summed E-state index contributed by atoms with van der Waals surface area (Å²) < 4.78 is 44.3. The van der Waals surface area contributed by atoms with Crippen LogP contribution < -0.4 is 10.5 Å². The molecule has 1 aromatic heterocycles. The number of hydrogen-bond donors (Lipinski definition) is 2. The molecule has 0 fully saturated rings. The molecular formula is C11H13FN4O3S. The van der Waals surface area contributed by atoms with Crippen molar-refractivity contribution < 1.29 is 17.3 Å². The topological polar surface area (TPSA) is 111 Å². The van der Waals surface area contributed by atoms with Gasteiger partial charge in [0.15, 0.2) is 5.82 Å². The average molecular weight is 300 g/mol. The molecule has 0 aliphatic heterocycles. The van der Waals surface area contributed by atoms with Crippen molar-refractivity contribution in [2.24, 2.45) is 5.73 Å². The number of rotatable bonds is 6. The van der Waals surface area contributed by atoms with Gasteiger partial charge in [-0.25, -0.2) is 17.5 Å². The Morgan fingerprint density at radius 3 is 2.85 bits per heavy atom. The van der Waals surface area contributed by atoms with Crippen molar-refractivity contribution in [2.75, 3.05) is 6.54 Å². The van der Waals surface area contributed by atoms with Crippen LogP contribution in [0.5, 0.6) is 0 Å². The lowest BCUT2D eigenvalue weighted by molar-refractivity contribution is 0.410. The van der Waals surface area contributed by atoms with Crippen LogP contribution in [0.4, 0.5) is 4.39 Å². The summed E-state index contributed by atoms with van der Waals surface area (Å²) >= 11 is 0. The second kappa shape index (κ2) is 6.07. The van der Waals surface area contributed by atoms with Crippen LogP contribution in [0.2, 0.25) is 0 Å². The highest BCUT2D eigenvalue weighted by molar-refractivity contribution is 7.89. The highest BCUT2D eigenvalue weighted by Gasteiger charge is 2.18. The van der Waals surface area contributed by atoms with Gasteiger partial charge in [0.1, 0.15) is 5.82 Å². The molecule has 0 atom stereocenters. The lowest BCUT2D eigenvalue weighted by atomic mass is 10.2. The van der Waals surface area contributed by atoms with E-state index in [1.807, 2.05) is 0 Å². The first-order valence-electron chi connectivity index (χ1n) is 5.76. The average Bonchev–Trinajstić information content (AvgIpc) is 2.91. The Morgan fingerprint density at radius 1 is 1.40 bits per heavy atom. The van der Waals surface area contributed by atoms with Gasteiger partial charge in [-0.05, 0) is 17.7 Å². The maximum atomic E-state index is 13.2. The summed E-state index contributed by atoms with van der Waals surface area (Å²) in [6.07, 6.45) is 1.42. The third-order valence-corrected chi connectivity index (χ3v) is 4.13. The number of halogens is 1. The predicted octanol–water partition coefficient (Wildman–Crippen LogP) is 0.188. The van der Waals surface area contributed by atoms with Crippen molar-refractivity contribution in [3.05, 3.63) is 41.8 Å². The molecule has 0 saturated carbocycles. The van der Waals surface area contributed by atoms with Crippen LogP contribution in [0, 0.1) is 5.82 Å². The predicted molar refractivity (Wildman–Crippen MR) is 67.5 cm³/mol. The highest BCUT2D eigenvalue weighted by atomic mass is 32.2. The molecule has 1 aromatic carbocycles. The van der Waals surface area contributed by atoms with Gasteiger partial charge in [0.25, 0.3) is 0 Å². The van der Waals surface area contributed by atoms with E-state index >= 15 is 0 Å². The Kier molecular flexibility index (Phi) is 4.42. The lowest BCUT2D eigenvalue weighted by Gasteiger charge is -2.10. The summed E-state index contributed by atoms with van der Waals surface area (Å²) in [5.41, 5.74) is 5.80. The number of nitrogens with zero attached hydrogens (tertiary/aromatic N) is 2. The van der Waals surface area contributed by atoms with Crippen LogP contribution in [-0.2, 0) is 23.0 Å². The van der Waals surface area contributed by atoms with E-state index in [0.717, 1.165) is 12.5 Å². The van der Waals surface area contributed by atoms with E-state index in [0.29, 0.717) is 11.4 Å². The standard InChI is InChI=1S/C11H13FN4O3S/c12-9-2-1-8(6-13)10(5-9)20(17,18)15-4-3-11-14-7-19-16-11/h1-2,5,7,15H,3-4,6,13H2. The Morgan fingerprint density at radius 2 is 2.20 bits per heavy atom. The number of nitrogens with two attached hydrogens (primary N) is 1. The Bertz CT molecular complexity index is 673. The zero-order chi connectivity index (χ0) is 14.6. The van der Waals surface area contributed by atoms with E-state index in [-0.39, 0.29) is 24.4 Å². The summed E-state index contributed by atoms with van der Waals surface area (Å²) in [7, 11) is -3.83. The molecule has 9 heteroatoms. The molecule has 7 nitrogen and oxygen atoms in total. The molecule has 2 aromatic rings.